The first-order chi connectivity index (χ1) is 12.4. The van der Waals surface area contributed by atoms with Crippen LogP contribution in [0.15, 0.2) is 29.1 Å². The maximum absolute atomic E-state index is 12.2. The molecule has 1 heterocycles. The van der Waals surface area contributed by atoms with Gasteiger partial charge in [0.25, 0.3) is 5.56 Å². The summed E-state index contributed by atoms with van der Waals surface area (Å²) in [5.74, 6) is 0.981. The number of carbonyl (C=O) groups excluding carboxylic acids is 1. The van der Waals surface area contributed by atoms with Crippen LogP contribution >= 0.6 is 0 Å². The normalized spacial score (nSPS) is 12.0. The summed E-state index contributed by atoms with van der Waals surface area (Å²) in [6, 6.07) is 7.43. The Morgan fingerprint density at radius 2 is 2.04 bits per heavy atom. The molecule has 1 atom stereocenters. The minimum absolute atomic E-state index is 0.0687. The molecule has 0 aliphatic heterocycles. The molecule has 0 saturated heterocycles. The van der Waals surface area contributed by atoms with Gasteiger partial charge in [-0.15, -0.1) is 10.2 Å². The maximum Gasteiger partial charge on any atom is 0.273 e. The van der Waals surface area contributed by atoms with Crippen LogP contribution in [-0.2, 0) is 11.2 Å². The monoisotopic (exact) mass is 358 g/mol. The molecule has 0 bridgehead atoms. The molecule has 1 amide bonds. The van der Waals surface area contributed by atoms with Gasteiger partial charge in [0, 0.05) is 24.4 Å². The van der Waals surface area contributed by atoms with Gasteiger partial charge in [-0.25, -0.2) is 0 Å². The minimum Gasteiger partial charge on any atom is -0.491 e. The first-order valence-electron chi connectivity index (χ1n) is 8.91. The number of rotatable bonds is 8. The van der Waals surface area contributed by atoms with Crippen LogP contribution < -0.4 is 15.6 Å². The topological polar surface area (TPSA) is 97.0 Å². The van der Waals surface area contributed by atoms with Crippen LogP contribution in [0.3, 0.4) is 0 Å². The van der Waals surface area contributed by atoms with Crippen LogP contribution in [0.4, 0.5) is 0 Å². The molecule has 2 N–H and O–H groups in total. The van der Waals surface area contributed by atoms with E-state index < -0.39 is 0 Å². The van der Waals surface area contributed by atoms with Crippen molar-refractivity contribution in [1.29, 1.82) is 0 Å². The van der Waals surface area contributed by atoms with Crippen LogP contribution in [-0.4, -0.2) is 33.2 Å². The number of benzene rings is 1. The molecule has 7 nitrogen and oxygen atoms in total. The molecule has 0 aliphatic rings. The van der Waals surface area contributed by atoms with E-state index in [0.29, 0.717) is 11.6 Å². The number of nitrogens with zero attached hydrogens (tertiary/aromatic N) is 2. The Morgan fingerprint density at radius 3 is 2.69 bits per heavy atom. The van der Waals surface area contributed by atoms with Crippen molar-refractivity contribution in [3.8, 4) is 17.1 Å². The van der Waals surface area contributed by atoms with Crippen molar-refractivity contribution < 1.29 is 9.53 Å². The Morgan fingerprint density at radius 1 is 1.27 bits per heavy atom. The number of aryl methyl sites for hydroxylation is 1. The quantitative estimate of drug-likeness (QED) is 0.755. The van der Waals surface area contributed by atoms with Crippen LogP contribution in [0.2, 0.25) is 0 Å². The highest BCUT2D eigenvalue weighted by atomic mass is 16.5. The Bertz CT molecular complexity index is 801. The Labute approximate surface area is 153 Å². The molecule has 140 valence electrons. The average molecular weight is 358 g/mol. The summed E-state index contributed by atoms with van der Waals surface area (Å²) in [6.07, 6.45) is 1.46. The van der Waals surface area contributed by atoms with Gasteiger partial charge in [0.05, 0.1) is 6.10 Å². The number of hydrogen-bond acceptors (Lipinski definition) is 5. The Kier molecular flexibility index (Phi) is 6.89. The lowest BCUT2D eigenvalue weighted by Gasteiger charge is -2.13. The van der Waals surface area contributed by atoms with Crippen molar-refractivity contribution in [2.24, 2.45) is 0 Å². The van der Waals surface area contributed by atoms with E-state index in [2.05, 4.69) is 27.4 Å². The Balaban J connectivity index is 2.10. The minimum atomic E-state index is -0.333. The van der Waals surface area contributed by atoms with Gasteiger partial charge >= 0.3 is 0 Å². The summed E-state index contributed by atoms with van der Waals surface area (Å²) in [6.45, 7) is 7.83. The van der Waals surface area contributed by atoms with E-state index in [1.165, 1.54) is 0 Å². The summed E-state index contributed by atoms with van der Waals surface area (Å²) >= 11 is 0. The molecule has 0 unspecified atom stereocenters. The molecule has 1 aromatic heterocycles. The van der Waals surface area contributed by atoms with E-state index in [0.717, 1.165) is 12.0 Å². The highest BCUT2D eigenvalue weighted by Gasteiger charge is 2.11. The molecular weight excluding hydrogens is 332 g/mol. The number of ether oxygens (including phenoxy) is 1. The van der Waals surface area contributed by atoms with Gasteiger partial charge in [-0.05, 0) is 39.3 Å². The van der Waals surface area contributed by atoms with Gasteiger partial charge in [-0.3, -0.25) is 9.59 Å². The van der Waals surface area contributed by atoms with E-state index in [-0.39, 0.29) is 42.1 Å². The zero-order valence-corrected chi connectivity index (χ0v) is 15.7. The van der Waals surface area contributed by atoms with E-state index in [9.17, 15) is 9.59 Å². The molecule has 0 saturated carbocycles. The SMILES string of the molecule is CC[C@@H](C)Oc1cccc(-c2nnc(CCC(=O)NC(C)C)c(=O)[nH]2)c1. The fourth-order valence-electron chi connectivity index (χ4n) is 2.31. The van der Waals surface area contributed by atoms with Crippen LogP contribution in [0.25, 0.3) is 11.4 Å². The standard InChI is InChI=1S/C19H26N4O3/c1-5-13(4)26-15-8-6-7-14(11-15)18-21-19(25)16(22-23-18)9-10-17(24)20-12(2)3/h6-8,11-13H,5,9-10H2,1-4H3,(H,20,24)(H,21,23,25)/t13-/m1/s1. The predicted octanol–water partition coefficient (Wildman–Crippen LogP) is 2.47. The van der Waals surface area contributed by atoms with Crippen molar-refractivity contribution in [3.05, 3.63) is 40.3 Å². The van der Waals surface area contributed by atoms with Gasteiger partial charge in [-0.1, -0.05) is 19.1 Å². The number of H-pyrrole nitrogens is 1. The second-order valence-corrected chi connectivity index (χ2v) is 6.54. The van der Waals surface area contributed by atoms with E-state index >= 15 is 0 Å². The van der Waals surface area contributed by atoms with Crippen molar-refractivity contribution >= 4 is 5.91 Å². The molecule has 0 radical (unpaired) electrons. The fourth-order valence-corrected chi connectivity index (χ4v) is 2.31. The lowest BCUT2D eigenvalue weighted by molar-refractivity contribution is -0.121. The van der Waals surface area contributed by atoms with Crippen molar-refractivity contribution in [3.63, 3.8) is 0 Å². The number of aromatic nitrogens is 3. The molecular formula is C19H26N4O3. The summed E-state index contributed by atoms with van der Waals surface area (Å²) in [4.78, 5) is 26.7. The first kappa shape index (κ1) is 19.6. The van der Waals surface area contributed by atoms with Crippen molar-refractivity contribution in [2.45, 2.75) is 59.1 Å². The molecule has 2 rings (SSSR count). The molecule has 7 heteroatoms. The second-order valence-electron chi connectivity index (χ2n) is 6.54. The zero-order valence-electron chi connectivity index (χ0n) is 15.7. The van der Waals surface area contributed by atoms with Crippen LogP contribution in [0.5, 0.6) is 5.75 Å². The zero-order chi connectivity index (χ0) is 19.1. The summed E-state index contributed by atoms with van der Waals surface area (Å²) in [5.41, 5.74) is 0.639. The van der Waals surface area contributed by atoms with Crippen molar-refractivity contribution in [1.82, 2.24) is 20.5 Å². The lowest BCUT2D eigenvalue weighted by Crippen LogP contribution is -2.31. The highest BCUT2D eigenvalue weighted by Crippen LogP contribution is 2.21. The average Bonchev–Trinajstić information content (AvgIpc) is 2.60. The third-order valence-electron chi connectivity index (χ3n) is 3.82. The second kappa shape index (κ2) is 9.12. The number of carbonyl (C=O) groups is 1. The largest absolute Gasteiger partial charge is 0.491 e. The maximum atomic E-state index is 12.2. The highest BCUT2D eigenvalue weighted by molar-refractivity contribution is 5.76. The van der Waals surface area contributed by atoms with Crippen LogP contribution in [0, 0.1) is 0 Å². The fraction of sp³-hybridized carbons (Fsp3) is 0.474. The summed E-state index contributed by atoms with van der Waals surface area (Å²) < 4.78 is 5.79. The third kappa shape index (κ3) is 5.68. The van der Waals surface area contributed by atoms with E-state index in [1.807, 2.05) is 45.0 Å². The molecule has 0 aliphatic carbocycles. The molecule has 0 fully saturated rings. The number of nitrogens with one attached hydrogen (secondary N) is 2. The number of hydrogen-bond donors (Lipinski definition) is 2. The van der Waals surface area contributed by atoms with Gasteiger partial charge in [0.2, 0.25) is 5.91 Å². The third-order valence-corrected chi connectivity index (χ3v) is 3.82. The van der Waals surface area contributed by atoms with Gasteiger partial charge in [-0.2, -0.15) is 0 Å². The lowest BCUT2D eigenvalue weighted by atomic mass is 10.2. The van der Waals surface area contributed by atoms with E-state index in [4.69, 9.17) is 4.74 Å². The van der Waals surface area contributed by atoms with Crippen LogP contribution in [0.1, 0.15) is 46.2 Å². The van der Waals surface area contributed by atoms with Gasteiger partial charge in [0.15, 0.2) is 5.82 Å². The smallest absolute Gasteiger partial charge is 0.273 e. The number of aromatic amines is 1. The molecule has 0 spiro atoms. The van der Waals surface area contributed by atoms with Gasteiger partial charge in [0.1, 0.15) is 11.4 Å². The molecule has 2 aromatic rings. The molecule has 1 aromatic carbocycles. The van der Waals surface area contributed by atoms with Crippen molar-refractivity contribution in [2.75, 3.05) is 0 Å². The van der Waals surface area contributed by atoms with Gasteiger partial charge < -0.3 is 15.0 Å². The first-order valence-corrected chi connectivity index (χ1v) is 8.91. The number of amides is 1. The molecule has 26 heavy (non-hydrogen) atoms. The Hall–Kier alpha value is -2.70. The summed E-state index contributed by atoms with van der Waals surface area (Å²) in [7, 11) is 0. The summed E-state index contributed by atoms with van der Waals surface area (Å²) in [5, 5.41) is 10.9. The van der Waals surface area contributed by atoms with E-state index in [1.54, 1.807) is 0 Å². The predicted molar refractivity (Wildman–Crippen MR) is 100 cm³/mol.